The molecular formula is C22H26N8O2S. The molecule has 2 aliphatic heterocycles. The number of H-pyrrole nitrogens is 1. The lowest BCUT2D eigenvalue weighted by Crippen LogP contribution is -2.44. The number of hydrogen-bond donors (Lipinski definition) is 1. The van der Waals surface area contributed by atoms with E-state index in [1.807, 2.05) is 19.2 Å². The standard InChI is InChI=1S/C22H26N8O2S/c1-13-9-16(26-25-13)20-21-22(33-28-20)15(10-18(24-21)29-6-8-31-12-14(29)2)17-11-23-30(27-17)19-5-3-4-7-32-19/h9-11,14,19H,3-8,12H2,1-2H3,(H,25,26)/t14-,19?/m1/s1. The third kappa shape index (κ3) is 3.79. The van der Waals surface area contributed by atoms with Crippen LogP contribution in [0.15, 0.2) is 18.3 Å². The summed E-state index contributed by atoms with van der Waals surface area (Å²) in [6.45, 7) is 7.02. The van der Waals surface area contributed by atoms with E-state index in [2.05, 4.69) is 33.2 Å². The Kier molecular flexibility index (Phi) is 5.31. The van der Waals surface area contributed by atoms with Crippen LogP contribution >= 0.6 is 11.5 Å². The number of anilines is 1. The Morgan fingerprint density at radius 1 is 1.21 bits per heavy atom. The summed E-state index contributed by atoms with van der Waals surface area (Å²) in [5.74, 6) is 0.898. The molecule has 0 radical (unpaired) electrons. The second kappa shape index (κ2) is 8.47. The highest BCUT2D eigenvalue weighted by molar-refractivity contribution is 7.14. The molecule has 6 rings (SSSR count). The zero-order valence-corrected chi connectivity index (χ0v) is 19.5. The molecule has 0 bridgehead atoms. The molecule has 2 atom stereocenters. The number of aromatic nitrogens is 7. The zero-order valence-electron chi connectivity index (χ0n) is 18.7. The van der Waals surface area contributed by atoms with Crippen molar-refractivity contribution in [1.82, 2.24) is 34.5 Å². The molecule has 4 aromatic heterocycles. The summed E-state index contributed by atoms with van der Waals surface area (Å²) in [7, 11) is 0. The number of aryl methyl sites for hydroxylation is 1. The van der Waals surface area contributed by atoms with E-state index in [9.17, 15) is 0 Å². The van der Waals surface area contributed by atoms with Crippen LogP contribution in [-0.2, 0) is 9.47 Å². The van der Waals surface area contributed by atoms with Crippen molar-refractivity contribution >= 4 is 27.6 Å². The molecule has 0 aromatic carbocycles. The quantitative estimate of drug-likeness (QED) is 0.486. The van der Waals surface area contributed by atoms with Gasteiger partial charge in [-0.1, -0.05) is 0 Å². The fourth-order valence-electron chi connectivity index (χ4n) is 4.48. The van der Waals surface area contributed by atoms with Crippen LogP contribution in [0.2, 0.25) is 0 Å². The lowest BCUT2D eigenvalue weighted by Gasteiger charge is -2.34. The van der Waals surface area contributed by atoms with E-state index >= 15 is 0 Å². The van der Waals surface area contributed by atoms with Crippen molar-refractivity contribution in [3.05, 3.63) is 24.0 Å². The second-order valence-electron chi connectivity index (χ2n) is 8.65. The highest BCUT2D eigenvalue weighted by Crippen LogP contribution is 2.38. The number of pyridine rings is 1. The number of hydrogen-bond acceptors (Lipinski definition) is 9. The number of morpholine rings is 1. The number of ether oxygens (including phenoxy) is 2. The molecule has 1 N–H and O–H groups in total. The average Bonchev–Trinajstić information content (AvgIpc) is 3.59. The summed E-state index contributed by atoms with van der Waals surface area (Å²) in [6.07, 6.45) is 4.86. The highest BCUT2D eigenvalue weighted by atomic mass is 32.1. The monoisotopic (exact) mass is 466 g/mol. The summed E-state index contributed by atoms with van der Waals surface area (Å²) in [4.78, 5) is 9.07. The minimum Gasteiger partial charge on any atom is -0.377 e. The van der Waals surface area contributed by atoms with E-state index in [4.69, 9.17) is 23.9 Å². The molecule has 2 fully saturated rings. The van der Waals surface area contributed by atoms with Crippen molar-refractivity contribution in [3.8, 4) is 22.6 Å². The molecule has 0 aliphatic carbocycles. The van der Waals surface area contributed by atoms with E-state index in [-0.39, 0.29) is 12.3 Å². The molecule has 6 heterocycles. The van der Waals surface area contributed by atoms with Gasteiger partial charge in [-0.3, -0.25) is 5.10 Å². The van der Waals surface area contributed by atoms with Crippen LogP contribution in [0, 0.1) is 6.92 Å². The highest BCUT2D eigenvalue weighted by Gasteiger charge is 2.26. The van der Waals surface area contributed by atoms with Gasteiger partial charge in [0.15, 0.2) is 6.23 Å². The van der Waals surface area contributed by atoms with Crippen molar-refractivity contribution in [1.29, 1.82) is 0 Å². The topological polar surface area (TPSA) is 107 Å². The molecule has 2 saturated heterocycles. The average molecular weight is 467 g/mol. The van der Waals surface area contributed by atoms with Crippen molar-refractivity contribution in [2.75, 3.05) is 31.3 Å². The van der Waals surface area contributed by atoms with Gasteiger partial charge in [-0.15, -0.1) is 0 Å². The lowest BCUT2D eigenvalue weighted by atomic mass is 10.1. The first-order valence-electron chi connectivity index (χ1n) is 11.4. The molecular weight excluding hydrogens is 440 g/mol. The number of aromatic amines is 1. The first-order valence-corrected chi connectivity index (χ1v) is 12.2. The molecule has 0 spiro atoms. The van der Waals surface area contributed by atoms with Crippen LogP contribution in [0.1, 0.15) is 38.1 Å². The number of rotatable bonds is 4. The van der Waals surface area contributed by atoms with Gasteiger partial charge in [0.05, 0.1) is 41.5 Å². The first-order chi connectivity index (χ1) is 16.2. The molecule has 11 heteroatoms. The van der Waals surface area contributed by atoms with Crippen LogP contribution in [0.4, 0.5) is 5.82 Å². The fourth-order valence-corrected chi connectivity index (χ4v) is 5.33. The van der Waals surface area contributed by atoms with Crippen LogP contribution in [-0.4, -0.2) is 67.0 Å². The van der Waals surface area contributed by atoms with Gasteiger partial charge in [0.25, 0.3) is 0 Å². The van der Waals surface area contributed by atoms with Crippen molar-refractivity contribution in [3.63, 3.8) is 0 Å². The van der Waals surface area contributed by atoms with E-state index in [1.165, 1.54) is 11.5 Å². The van der Waals surface area contributed by atoms with Gasteiger partial charge in [0.2, 0.25) is 0 Å². The maximum Gasteiger partial charge on any atom is 0.169 e. The Balaban J connectivity index is 1.48. The molecule has 33 heavy (non-hydrogen) atoms. The fraction of sp³-hybridized carbons (Fsp3) is 0.500. The van der Waals surface area contributed by atoms with Gasteiger partial charge in [0, 0.05) is 18.7 Å². The molecule has 1 unspecified atom stereocenters. The van der Waals surface area contributed by atoms with E-state index in [0.717, 1.165) is 76.8 Å². The molecule has 172 valence electrons. The normalized spacial score (nSPS) is 21.7. The smallest absolute Gasteiger partial charge is 0.169 e. The zero-order chi connectivity index (χ0) is 22.4. The summed E-state index contributed by atoms with van der Waals surface area (Å²) in [6, 6.07) is 4.34. The maximum atomic E-state index is 5.88. The Hall–Kier alpha value is -2.89. The Bertz CT molecular complexity index is 1270. The Morgan fingerprint density at radius 3 is 2.94 bits per heavy atom. The van der Waals surface area contributed by atoms with Crippen LogP contribution in [0.3, 0.4) is 0 Å². The van der Waals surface area contributed by atoms with Gasteiger partial charge in [-0.2, -0.15) is 24.5 Å². The lowest BCUT2D eigenvalue weighted by molar-refractivity contribution is -0.0479. The third-order valence-electron chi connectivity index (χ3n) is 6.23. The van der Waals surface area contributed by atoms with Gasteiger partial charge >= 0.3 is 0 Å². The van der Waals surface area contributed by atoms with Crippen molar-refractivity contribution in [2.24, 2.45) is 0 Å². The van der Waals surface area contributed by atoms with E-state index < -0.39 is 0 Å². The Morgan fingerprint density at radius 2 is 2.15 bits per heavy atom. The minimum atomic E-state index is -0.103. The predicted octanol–water partition coefficient (Wildman–Crippen LogP) is 3.57. The third-order valence-corrected chi connectivity index (χ3v) is 7.10. The largest absolute Gasteiger partial charge is 0.377 e. The minimum absolute atomic E-state index is 0.103. The number of nitrogens with one attached hydrogen (secondary N) is 1. The van der Waals surface area contributed by atoms with E-state index in [1.54, 1.807) is 4.80 Å². The predicted molar refractivity (Wildman–Crippen MR) is 125 cm³/mol. The van der Waals surface area contributed by atoms with Crippen molar-refractivity contribution < 1.29 is 9.47 Å². The van der Waals surface area contributed by atoms with Gasteiger partial charge in [0.1, 0.15) is 22.7 Å². The van der Waals surface area contributed by atoms with Crippen LogP contribution in [0.5, 0.6) is 0 Å². The summed E-state index contributed by atoms with van der Waals surface area (Å²) in [5, 5.41) is 16.7. The Labute approximate surface area is 195 Å². The van der Waals surface area contributed by atoms with Crippen LogP contribution < -0.4 is 4.90 Å². The SMILES string of the molecule is Cc1cc(-c2nsc3c(-c4cnn(C5CCCCO5)n4)cc(N4CCOC[C@H]4C)nc23)[nH]n1. The van der Waals surface area contributed by atoms with E-state index in [0.29, 0.717) is 13.2 Å². The summed E-state index contributed by atoms with van der Waals surface area (Å²) >= 11 is 1.43. The number of fused-ring (bicyclic) bond motifs is 1. The van der Waals surface area contributed by atoms with Crippen LogP contribution in [0.25, 0.3) is 32.9 Å². The van der Waals surface area contributed by atoms with Gasteiger partial charge in [-0.05, 0) is 56.8 Å². The molecule has 0 amide bonds. The summed E-state index contributed by atoms with van der Waals surface area (Å²) in [5.41, 5.74) is 5.22. The maximum absolute atomic E-state index is 5.88. The van der Waals surface area contributed by atoms with Gasteiger partial charge in [-0.25, -0.2) is 4.98 Å². The van der Waals surface area contributed by atoms with Crippen molar-refractivity contribution in [2.45, 2.75) is 45.4 Å². The molecule has 0 saturated carbocycles. The summed E-state index contributed by atoms with van der Waals surface area (Å²) < 4.78 is 17.3. The molecule has 4 aromatic rings. The first kappa shape index (κ1) is 20.7. The molecule has 10 nitrogen and oxygen atoms in total. The van der Waals surface area contributed by atoms with Gasteiger partial charge < -0.3 is 14.4 Å². The second-order valence-corrected chi connectivity index (χ2v) is 9.42. The molecule has 2 aliphatic rings. The number of nitrogens with zero attached hydrogens (tertiary/aromatic N) is 7.